The number of hydrogen-bond acceptors (Lipinski definition) is 14. The molecule has 0 aromatic heterocycles. The summed E-state index contributed by atoms with van der Waals surface area (Å²) in [6.45, 7) is -53.1. The van der Waals surface area contributed by atoms with Crippen LogP contribution >= 0.6 is 0 Å². The Morgan fingerprint density at radius 3 is 0.479 bits per heavy atom. The highest BCUT2D eigenvalue weighted by Gasteiger charge is 2.33. The van der Waals surface area contributed by atoms with Crippen LogP contribution in [0, 0.1) is 0 Å². The molecule has 14 aromatic carbocycles. The van der Waals surface area contributed by atoms with E-state index >= 15 is 0 Å². The Hall–Kier alpha value is -11.5. The molecule has 14 heteroatoms. The number of likely N-dealkylation sites (N-methyl/N-ethyl adjacent to an activating group) is 7. The maximum atomic E-state index is 9.34. The lowest BCUT2D eigenvalue weighted by Crippen LogP contribution is -2.46. The van der Waals surface area contributed by atoms with Crippen molar-refractivity contribution in [3.63, 3.8) is 0 Å². The highest BCUT2D eigenvalue weighted by atomic mass is 15.3. The highest BCUT2D eigenvalue weighted by molar-refractivity contribution is 5.40. The lowest BCUT2D eigenvalue weighted by molar-refractivity contribution is 0.127. The summed E-state index contributed by atoms with van der Waals surface area (Å²) in [7, 11) is 4.21. The van der Waals surface area contributed by atoms with E-state index in [1.165, 1.54) is 88.8 Å². The van der Waals surface area contributed by atoms with Gasteiger partial charge in [-0.1, -0.05) is 425 Å². The summed E-state index contributed by atoms with van der Waals surface area (Å²) in [5.74, 6) is 0. The standard InChI is InChI=1S/7C18H22N2/c7*1-19-12-14-20(15-13-19)18(16-8-4-2-5-9-16)17-10-6-3-7-11-17/h7*2-11,18H,12-15H2,1H3/i1D3,12D2,13D2,14D2,15D2,18D;12D2,13D2,14D2,15D2,18D;1D3,12D2,13D2,14D2,15D2;12D2,13D2,14D2,15D2;1D3,18D;18D;1D3. The largest absolute Gasteiger partial charge is 0.304 e. The molecule has 0 bridgehead atoms. The molecule has 0 unspecified atom stereocenters. The quantitative estimate of drug-likeness (QED) is 0.0686. The summed E-state index contributed by atoms with van der Waals surface area (Å²) >= 11 is 0. The molecule has 140 heavy (non-hydrogen) atoms. The van der Waals surface area contributed by atoms with Crippen LogP contribution in [0.25, 0.3) is 0 Å². The van der Waals surface area contributed by atoms with Crippen LogP contribution in [0.1, 0.15) is 186 Å². The summed E-state index contributed by atoms with van der Waals surface area (Å²) in [5.41, 5.74) is 8.74. The molecule has 0 amide bonds. The Kier molecular flexibility index (Phi) is 22.9. The highest BCUT2D eigenvalue weighted by Crippen LogP contribution is 2.37. The van der Waals surface area contributed by atoms with Gasteiger partial charge in [0.25, 0.3) is 0 Å². The second-order valence-electron chi connectivity index (χ2n) is 33.3. The third kappa shape index (κ3) is 30.8. The average Bonchev–Trinajstić information content (AvgIpc) is 0.664. The molecule has 14 nitrogen and oxygen atoms in total. The topological polar surface area (TPSA) is 45.4 Å². The Morgan fingerprint density at radius 1 is 0.150 bits per heavy atom. The van der Waals surface area contributed by atoms with Crippen molar-refractivity contribution in [2.45, 2.75) is 42.2 Å². The first-order valence-electron chi connectivity index (χ1n) is 70.8. The minimum absolute atomic E-state index is 0.0490. The summed E-state index contributed by atoms with van der Waals surface area (Å²) in [6.07, 6.45) is 0. The molecule has 7 heterocycles. The molecule has 0 N–H and O–H groups in total. The van der Waals surface area contributed by atoms with E-state index in [1.54, 1.807) is 175 Å². The minimum atomic E-state index is -3.55. The van der Waals surface area contributed by atoms with Crippen LogP contribution in [0.15, 0.2) is 425 Å². The second kappa shape index (κ2) is 55.7. The molecule has 0 radical (unpaired) electrons. The number of benzene rings is 14. The van der Waals surface area contributed by atoms with Crippen molar-refractivity contribution in [1.82, 2.24) is 68.6 Å². The third-order valence-corrected chi connectivity index (χ3v) is 23.6. The minimum Gasteiger partial charge on any atom is -0.304 e. The molecule has 0 spiro atoms. The van der Waals surface area contributed by atoms with Gasteiger partial charge in [-0.2, -0.15) is 0 Å². The molecule has 0 saturated carbocycles. The Morgan fingerprint density at radius 2 is 0.293 bits per heavy atom. The normalized spacial score (nSPS) is 29.0. The fourth-order valence-electron chi connectivity index (χ4n) is 16.6. The van der Waals surface area contributed by atoms with E-state index in [-0.39, 0.29) is 43.0 Å². The van der Waals surface area contributed by atoms with Crippen molar-refractivity contribution in [3.8, 4) is 0 Å². The van der Waals surface area contributed by atoms with Gasteiger partial charge in [0, 0.05) is 243 Å². The fourth-order valence-corrected chi connectivity index (χ4v) is 16.6. The van der Waals surface area contributed by atoms with E-state index in [0.29, 0.717) is 86.0 Å². The molecular formula is C126H154N14. The molecule has 7 fully saturated rings. The Labute approximate surface area is 908 Å². The number of rotatable bonds is 21. The van der Waals surface area contributed by atoms with Crippen molar-refractivity contribution in [3.05, 3.63) is 503 Å². The Bertz CT molecular complexity index is 7630. The van der Waals surface area contributed by atoms with Gasteiger partial charge in [-0.05, 0) is 127 Å². The van der Waals surface area contributed by atoms with Gasteiger partial charge in [0.1, 0.15) is 0 Å². The van der Waals surface area contributed by atoms with Gasteiger partial charge in [0.05, 0.1) is 47.7 Å². The smallest absolute Gasteiger partial charge is 0.0602 e. The lowest BCUT2D eigenvalue weighted by atomic mass is 9.96. The molecule has 728 valence electrons. The van der Waals surface area contributed by atoms with Crippen LogP contribution in [0.2, 0.25) is 0 Å². The third-order valence-electron chi connectivity index (χ3n) is 23.6. The molecule has 7 saturated heterocycles. The molecule has 0 atom stereocenters. The summed E-state index contributed by atoms with van der Waals surface area (Å²) in [6, 6.07) is 117. The van der Waals surface area contributed by atoms with Gasteiger partial charge in [0.15, 0.2) is 0 Å². The zero-order valence-corrected chi connectivity index (χ0v) is 78.9. The van der Waals surface area contributed by atoms with Crippen LogP contribution in [0.3, 0.4) is 0 Å². The monoisotopic (exact) mass is 1910 g/mol. The van der Waals surface area contributed by atoms with E-state index < -0.39 is 168 Å². The molecule has 0 aliphatic carbocycles. The van der Waals surface area contributed by atoms with E-state index in [4.69, 9.17) is 60.3 Å². The van der Waals surface area contributed by atoms with E-state index in [2.05, 4.69) is 99.4 Å². The molecule has 14 aromatic rings. The Balaban J connectivity index is 0.000000159. The molecule has 7 aliphatic heterocycles. The van der Waals surface area contributed by atoms with Crippen molar-refractivity contribution >= 4 is 0 Å². The second-order valence-corrected chi connectivity index (χ2v) is 33.3. The maximum absolute atomic E-state index is 9.34. The van der Waals surface area contributed by atoms with E-state index in [1.807, 2.05) is 109 Å². The van der Waals surface area contributed by atoms with Crippen molar-refractivity contribution < 1.29 is 65.8 Å². The van der Waals surface area contributed by atoms with Gasteiger partial charge < -0.3 is 34.3 Å². The van der Waals surface area contributed by atoms with Crippen molar-refractivity contribution in [2.75, 3.05) is 232 Å². The predicted molar refractivity (Wildman–Crippen MR) is 587 cm³/mol. The van der Waals surface area contributed by atoms with Crippen LogP contribution in [0.5, 0.6) is 0 Å². The van der Waals surface area contributed by atoms with Gasteiger partial charge in [-0.25, -0.2) is 0 Å². The van der Waals surface area contributed by atoms with Crippen molar-refractivity contribution in [1.29, 1.82) is 0 Å². The van der Waals surface area contributed by atoms with Crippen LogP contribution in [-0.4, -0.2) is 300 Å². The number of piperazine rings is 7. The van der Waals surface area contributed by atoms with Gasteiger partial charge in [0.2, 0.25) is 0 Å². The van der Waals surface area contributed by atoms with Crippen molar-refractivity contribution in [2.24, 2.45) is 0 Å². The average molecular weight is 1910 g/mol. The van der Waals surface area contributed by atoms with Crippen LogP contribution in [0.4, 0.5) is 0 Å². The van der Waals surface area contributed by atoms with Crippen LogP contribution < -0.4 is 0 Å². The maximum Gasteiger partial charge on any atom is 0.0602 e. The number of hydrogen-bond donors (Lipinski definition) is 0. The molecular weight excluding hydrogens is 1710 g/mol. The first-order chi connectivity index (χ1) is 87.3. The zero-order chi connectivity index (χ0) is 139. The number of nitrogens with zero attached hydrogens (tertiary/aromatic N) is 14. The molecule has 7 aliphatic rings. The lowest BCUT2D eigenvalue weighted by Gasteiger charge is -2.38. The van der Waals surface area contributed by atoms with Gasteiger partial charge in [-0.15, -0.1) is 0 Å². The summed E-state index contributed by atoms with van der Waals surface area (Å²) in [5, 5.41) is 0. The fraction of sp³-hybridized carbons (Fsp3) is 0.333. The summed E-state index contributed by atoms with van der Waals surface area (Å²) in [4.78, 5) is 14.1. The van der Waals surface area contributed by atoms with Crippen LogP contribution in [-0.2, 0) is 0 Å². The van der Waals surface area contributed by atoms with E-state index in [0.717, 1.165) is 75.6 Å². The first kappa shape index (κ1) is 57.6. The summed E-state index contributed by atoms with van der Waals surface area (Å²) < 4.78 is 398. The predicted octanol–water partition coefficient (Wildman–Crippen LogP) is 21.2. The van der Waals surface area contributed by atoms with Gasteiger partial charge in [-0.3, -0.25) is 34.3 Å². The van der Waals surface area contributed by atoms with Gasteiger partial charge >= 0.3 is 0 Å². The first-order valence-corrected chi connectivity index (χ1v) is 46.8. The molecule has 21 rings (SSSR count). The SMILES string of the molecule is [2H]C([2H])([2H])N1C([2H])([2H])C([2H])([2H])N(C([2H])(c2ccccc2)c2ccccc2)C([2H])([2H])C1([2H])[2H].[2H]C([2H])([2H])N1C([2H])([2H])C([2H])([2H])N(C(c2ccccc2)c2ccccc2)C([2H])([2H])C1([2H])[2H].[2H]C([2H])([2H])N1CCN(C([2H])(c2ccccc2)c2ccccc2)CC1.[2H]C([2H])([2H])N1CCN(C(c2ccccc2)c2ccccc2)CC1.[2H]C(c1ccccc1)(c1ccccc1)N1C([2H])([2H])C([2H])([2H])N(C)C([2H])([2H])C1([2H])[2H].[2H]C(c1ccccc1)(c1ccccc1)N1CCN(C)CC1.[2H]C1([2H])N(C)C([2H])([2H])C([2H])([2H])N(C(c2ccccc2)c2ccccc2)C1([2H])[2H]. The van der Waals surface area contributed by atoms with E-state index in [9.17, 15) is 5.48 Å². The zero-order valence-electron chi connectivity index (χ0n) is 127.